The highest BCUT2D eigenvalue weighted by atomic mass is 32.2. The lowest BCUT2D eigenvalue weighted by Crippen LogP contribution is -2.34. The summed E-state index contributed by atoms with van der Waals surface area (Å²) >= 11 is 0.978. The standard InChI is InChI=1S/C26H24N4O3S2/c1-17-7-3-4-9-19(17)13-14-30(35(32,33)23-12-6-11-22-25(23)29-34-28-22)16-21-15-20-10-5-8-18(2)24(20)27-26(21)31/h3-12,15H,13-14,16H2,1-2H3,(H,27,31). The molecule has 0 aliphatic carbocycles. The summed E-state index contributed by atoms with van der Waals surface area (Å²) in [5, 5.41) is 0.863. The van der Waals surface area contributed by atoms with Crippen LogP contribution in [-0.4, -0.2) is 33.0 Å². The molecular formula is C26H24N4O3S2. The Hall–Kier alpha value is -3.40. The molecule has 0 spiro atoms. The maximum Gasteiger partial charge on any atom is 0.252 e. The number of hydrogen-bond donors (Lipinski definition) is 1. The zero-order valence-electron chi connectivity index (χ0n) is 19.4. The van der Waals surface area contributed by atoms with E-state index in [9.17, 15) is 13.2 Å². The zero-order valence-corrected chi connectivity index (χ0v) is 21.0. The quantitative estimate of drug-likeness (QED) is 0.350. The fourth-order valence-corrected chi connectivity index (χ4v) is 6.46. The van der Waals surface area contributed by atoms with Crippen molar-refractivity contribution in [2.24, 2.45) is 0 Å². The molecule has 0 radical (unpaired) electrons. The number of hydrogen-bond acceptors (Lipinski definition) is 6. The van der Waals surface area contributed by atoms with Gasteiger partial charge in [0.05, 0.1) is 17.2 Å². The minimum Gasteiger partial charge on any atom is -0.321 e. The van der Waals surface area contributed by atoms with Gasteiger partial charge in [-0.3, -0.25) is 4.79 Å². The van der Waals surface area contributed by atoms with Crippen LogP contribution >= 0.6 is 11.7 Å². The van der Waals surface area contributed by atoms with Gasteiger partial charge in [-0.1, -0.05) is 48.5 Å². The van der Waals surface area contributed by atoms with Crippen molar-refractivity contribution < 1.29 is 8.42 Å². The SMILES string of the molecule is Cc1ccccc1CCN(Cc1cc2cccc(C)c2[nH]c1=O)S(=O)(=O)c1cccc2nsnc12. The highest BCUT2D eigenvalue weighted by Gasteiger charge is 2.28. The molecule has 7 nitrogen and oxygen atoms in total. The number of rotatable bonds is 7. The molecule has 0 atom stereocenters. The Labute approximate surface area is 207 Å². The van der Waals surface area contributed by atoms with Gasteiger partial charge in [0, 0.05) is 18.7 Å². The van der Waals surface area contributed by atoms with Crippen LogP contribution in [0.15, 0.2) is 76.4 Å². The smallest absolute Gasteiger partial charge is 0.252 e. The average molecular weight is 505 g/mol. The fourth-order valence-electron chi connectivity index (χ4n) is 4.28. The van der Waals surface area contributed by atoms with E-state index in [-0.39, 0.29) is 23.5 Å². The van der Waals surface area contributed by atoms with Crippen molar-refractivity contribution >= 4 is 43.7 Å². The fraction of sp³-hybridized carbons (Fsp3) is 0.192. The van der Waals surface area contributed by atoms with E-state index in [1.165, 1.54) is 4.31 Å². The minimum absolute atomic E-state index is 0.0542. The molecule has 0 aliphatic heterocycles. The van der Waals surface area contributed by atoms with Crippen molar-refractivity contribution in [2.45, 2.75) is 31.7 Å². The molecule has 0 aliphatic rings. The molecule has 2 aromatic heterocycles. The number of H-pyrrole nitrogens is 1. The Balaban J connectivity index is 1.58. The molecule has 35 heavy (non-hydrogen) atoms. The van der Waals surface area contributed by atoms with Crippen molar-refractivity contribution in [2.75, 3.05) is 6.54 Å². The number of aryl methyl sites for hydroxylation is 2. The third-order valence-electron chi connectivity index (χ3n) is 6.27. The molecule has 0 unspecified atom stereocenters. The van der Waals surface area contributed by atoms with Gasteiger partial charge in [0.25, 0.3) is 5.56 Å². The highest BCUT2D eigenvalue weighted by Crippen LogP contribution is 2.26. The second-order valence-corrected chi connectivity index (χ2v) is 11.0. The second kappa shape index (κ2) is 9.33. The summed E-state index contributed by atoms with van der Waals surface area (Å²) < 4.78 is 37.7. The van der Waals surface area contributed by atoms with Crippen LogP contribution in [-0.2, 0) is 23.0 Å². The lowest BCUT2D eigenvalue weighted by molar-refractivity contribution is 0.408. The summed E-state index contributed by atoms with van der Waals surface area (Å²) in [4.78, 5) is 16.0. The van der Waals surface area contributed by atoms with Gasteiger partial charge in [-0.05, 0) is 60.5 Å². The van der Waals surface area contributed by atoms with Crippen molar-refractivity contribution in [3.63, 3.8) is 0 Å². The first-order chi connectivity index (χ1) is 16.8. The van der Waals surface area contributed by atoms with E-state index in [0.717, 1.165) is 39.3 Å². The van der Waals surface area contributed by atoms with Crippen molar-refractivity contribution in [1.82, 2.24) is 18.0 Å². The topological polar surface area (TPSA) is 96.0 Å². The van der Waals surface area contributed by atoms with Gasteiger partial charge in [-0.25, -0.2) is 8.42 Å². The van der Waals surface area contributed by atoms with Crippen LogP contribution in [0.5, 0.6) is 0 Å². The molecule has 0 bridgehead atoms. The molecule has 178 valence electrons. The Bertz CT molecular complexity index is 1710. The summed E-state index contributed by atoms with van der Waals surface area (Å²) in [6.07, 6.45) is 0.516. The lowest BCUT2D eigenvalue weighted by Gasteiger charge is -2.23. The summed E-state index contributed by atoms with van der Waals surface area (Å²) in [5.74, 6) is 0. The molecule has 0 fully saturated rings. The number of nitrogens with zero attached hydrogens (tertiary/aromatic N) is 3. The third kappa shape index (κ3) is 4.50. The minimum atomic E-state index is -3.97. The molecule has 5 aromatic rings. The van der Waals surface area contributed by atoms with Crippen LogP contribution < -0.4 is 5.56 Å². The molecule has 5 rings (SSSR count). The van der Waals surface area contributed by atoms with Crippen LogP contribution in [0.25, 0.3) is 21.9 Å². The van der Waals surface area contributed by atoms with E-state index in [2.05, 4.69) is 13.7 Å². The maximum absolute atomic E-state index is 13.9. The van der Waals surface area contributed by atoms with Gasteiger partial charge >= 0.3 is 0 Å². The number of pyridine rings is 1. The first-order valence-corrected chi connectivity index (χ1v) is 13.4. The average Bonchev–Trinajstić information content (AvgIpc) is 3.32. The monoisotopic (exact) mass is 504 g/mol. The molecule has 2 heterocycles. The van der Waals surface area contributed by atoms with Gasteiger partial charge in [0.15, 0.2) is 0 Å². The molecular weight excluding hydrogens is 480 g/mol. The lowest BCUT2D eigenvalue weighted by atomic mass is 10.1. The van der Waals surface area contributed by atoms with E-state index in [4.69, 9.17) is 0 Å². The number of fused-ring (bicyclic) bond motifs is 2. The van der Waals surface area contributed by atoms with Crippen LogP contribution in [0.2, 0.25) is 0 Å². The Morgan fingerprint density at radius 1 is 0.914 bits per heavy atom. The molecule has 9 heteroatoms. The summed E-state index contributed by atoms with van der Waals surface area (Å²) in [6, 6.07) is 20.4. The molecule has 0 amide bonds. The van der Waals surface area contributed by atoms with Crippen molar-refractivity contribution in [3.05, 3.63) is 99.3 Å². The largest absolute Gasteiger partial charge is 0.321 e. The summed E-state index contributed by atoms with van der Waals surface area (Å²) in [7, 11) is -3.97. The third-order valence-corrected chi connectivity index (χ3v) is 8.69. The normalized spacial score (nSPS) is 12.1. The second-order valence-electron chi connectivity index (χ2n) is 8.57. The number of para-hydroxylation sites is 1. The molecule has 1 N–H and O–H groups in total. The zero-order chi connectivity index (χ0) is 24.6. The molecule has 0 saturated heterocycles. The van der Waals surface area contributed by atoms with Crippen molar-refractivity contribution in [1.29, 1.82) is 0 Å². The number of nitrogens with one attached hydrogen (secondary N) is 1. The Morgan fingerprint density at radius 3 is 2.51 bits per heavy atom. The van der Waals surface area contributed by atoms with Crippen LogP contribution in [0.1, 0.15) is 22.3 Å². The number of aromatic amines is 1. The summed E-state index contributed by atoms with van der Waals surface area (Å²) in [6.45, 7) is 4.10. The van der Waals surface area contributed by atoms with Crippen molar-refractivity contribution in [3.8, 4) is 0 Å². The van der Waals surface area contributed by atoms with Gasteiger partial charge in [0.2, 0.25) is 10.0 Å². The number of aromatic nitrogens is 3. The molecule has 3 aromatic carbocycles. The maximum atomic E-state index is 13.9. The van der Waals surface area contributed by atoms with Gasteiger partial charge in [0.1, 0.15) is 15.9 Å². The highest BCUT2D eigenvalue weighted by molar-refractivity contribution is 7.89. The Kier molecular flexibility index (Phi) is 6.22. The van der Waals surface area contributed by atoms with Crippen LogP contribution in [0.4, 0.5) is 0 Å². The first kappa shape index (κ1) is 23.3. The predicted molar refractivity (Wildman–Crippen MR) is 139 cm³/mol. The molecule has 0 saturated carbocycles. The summed E-state index contributed by atoms with van der Waals surface area (Å²) in [5.41, 5.74) is 4.84. The van der Waals surface area contributed by atoms with Gasteiger partial charge < -0.3 is 4.98 Å². The number of benzene rings is 3. The number of sulfonamides is 1. The van der Waals surface area contributed by atoms with Gasteiger partial charge in [-0.2, -0.15) is 13.1 Å². The first-order valence-electron chi connectivity index (χ1n) is 11.2. The van der Waals surface area contributed by atoms with E-state index >= 15 is 0 Å². The van der Waals surface area contributed by atoms with Crippen LogP contribution in [0.3, 0.4) is 0 Å². The van der Waals surface area contributed by atoms with E-state index in [1.54, 1.807) is 24.3 Å². The van der Waals surface area contributed by atoms with E-state index < -0.39 is 10.0 Å². The van der Waals surface area contributed by atoms with E-state index in [0.29, 0.717) is 23.0 Å². The van der Waals surface area contributed by atoms with Crippen LogP contribution in [0, 0.1) is 13.8 Å². The predicted octanol–water partition coefficient (Wildman–Crippen LogP) is 4.58. The van der Waals surface area contributed by atoms with E-state index in [1.807, 2.05) is 56.3 Å². The Morgan fingerprint density at radius 2 is 1.69 bits per heavy atom. The van der Waals surface area contributed by atoms with Gasteiger partial charge in [-0.15, -0.1) is 0 Å².